The number of phenols is 1. The Morgan fingerprint density at radius 2 is 1.80 bits per heavy atom. The van der Waals surface area contributed by atoms with Crippen molar-refractivity contribution in [3.8, 4) is 5.75 Å². The van der Waals surface area contributed by atoms with Crippen LogP contribution >= 0.6 is 0 Å². The van der Waals surface area contributed by atoms with E-state index in [1.807, 2.05) is 5.32 Å². The Morgan fingerprint density at radius 1 is 1.16 bits per heavy atom. The number of aromatic hydroxyl groups is 1. The van der Waals surface area contributed by atoms with Crippen LogP contribution in [0, 0.1) is 11.6 Å². The van der Waals surface area contributed by atoms with E-state index in [0.29, 0.717) is 12.1 Å². The zero-order chi connectivity index (χ0) is 18.8. The summed E-state index contributed by atoms with van der Waals surface area (Å²) < 4.78 is 65.1. The molecule has 0 radical (unpaired) electrons. The predicted molar refractivity (Wildman–Crippen MR) is 76.8 cm³/mol. The Hall–Kier alpha value is -2.68. The highest BCUT2D eigenvalue weighted by Gasteiger charge is 2.34. The van der Waals surface area contributed by atoms with Gasteiger partial charge in [0.25, 0.3) is 5.91 Å². The van der Waals surface area contributed by atoms with Gasteiger partial charge in [0, 0.05) is 18.7 Å². The SMILES string of the molecule is O=C(NC[C@H](O)c1ccccc1C(F)(F)F)c1c(O)cc(F)cc1F. The fraction of sp³-hybridized carbons (Fsp3) is 0.188. The second kappa shape index (κ2) is 7.06. The van der Waals surface area contributed by atoms with Gasteiger partial charge in [0.2, 0.25) is 0 Å². The molecule has 9 heteroatoms. The molecule has 0 fully saturated rings. The molecule has 0 aromatic heterocycles. The summed E-state index contributed by atoms with van der Waals surface area (Å²) in [6.45, 7) is -0.678. The number of benzene rings is 2. The molecule has 4 nitrogen and oxygen atoms in total. The van der Waals surface area contributed by atoms with Crippen molar-refractivity contribution in [1.29, 1.82) is 0 Å². The largest absolute Gasteiger partial charge is 0.507 e. The van der Waals surface area contributed by atoms with Crippen molar-refractivity contribution in [2.75, 3.05) is 6.54 Å². The van der Waals surface area contributed by atoms with Crippen LogP contribution in [0.25, 0.3) is 0 Å². The average molecular weight is 361 g/mol. The quantitative estimate of drug-likeness (QED) is 0.733. The molecule has 0 aliphatic rings. The predicted octanol–water partition coefficient (Wildman–Crippen LogP) is 3.15. The van der Waals surface area contributed by atoms with Crippen molar-refractivity contribution in [3.05, 3.63) is 64.7 Å². The summed E-state index contributed by atoms with van der Waals surface area (Å²) in [6, 6.07) is 5.10. The van der Waals surface area contributed by atoms with Crippen LogP contribution in [0.2, 0.25) is 0 Å². The van der Waals surface area contributed by atoms with Crippen LogP contribution in [0.4, 0.5) is 22.0 Å². The number of rotatable bonds is 4. The molecule has 0 heterocycles. The highest BCUT2D eigenvalue weighted by molar-refractivity contribution is 5.97. The topological polar surface area (TPSA) is 69.6 Å². The summed E-state index contributed by atoms with van der Waals surface area (Å²) in [5, 5.41) is 21.3. The number of aliphatic hydroxyl groups excluding tert-OH is 1. The lowest BCUT2D eigenvalue weighted by Gasteiger charge is -2.18. The molecule has 0 aliphatic heterocycles. The van der Waals surface area contributed by atoms with Crippen molar-refractivity contribution >= 4 is 5.91 Å². The van der Waals surface area contributed by atoms with Crippen LogP contribution in [-0.4, -0.2) is 22.7 Å². The number of halogens is 5. The Kier molecular flexibility index (Phi) is 5.27. The van der Waals surface area contributed by atoms with Gasteiger partial charge in [0.05, 0.1) is 11.7 Å². The standard InChI is InChI=1S/C16H12F5NO3/c17-8-5-11(18)14(12(23)6-8)15(25)22-7-13(24)9-3-1-2-4-10(9)16(19,20)21/h1-6,13,23-24H,7H2,(H,22,25)/t13-/m0/s1. The molecule has 1 atom stereocenters. The fourth-order valence-corrected chi connectivity index (χ4v) is 2.22. The Labute approximate surface area is 138 Å². The van der Waals surface area contributed by atoms with Crippen molar-refractivity contribution in [3.63, 3.8) is 0 Å². The highest BCUT2D eigenvalue weighted by Crippen LogP contribution is 2.34. The zero-order valence-electron chi connectivity index (χ0n) is 12.4. The molecule has 0 aliphatic carbocycles. The van der Waals surface area contributed by atoms with Gasteiger partial charge in [0.15, 0.2) is 0 Å². The highest BCUT2D eigenvalue weighted by atomic mass is 19.4. The van der Waals surface area contributed by atoms with E-state index in [9.17, 15) is 37.0 Å². The third-order valence-corrected chi connectivity index (χ3v) is 3.34. The fourth-order valence-electron chi connectivity index (χ4n) is 2.22. The van der Waals surface area contributed by atoms with Gasteiger partial charge in [-0.05, 0) is 11.6 Å². The van der Waals surface area contributed by atoms with Crippen molar-refractivity contribution < 1.29 is 37.0 Å². The van der Waals surface area contributed by atoms with E-state index in [-0.39, 0.29) is 0 Å². The van der Waals surface area contributed by atoms with Gasteiger partial charge in [0.1, 0.15) is 22.9 Å². The Bertz CT molecular complexity index is 769. The molecule has 1 amide bonds. The number of alkyl halides is 3. The van der Waals surface area contributed by atoms with Crippen molar-refractivity contribution in [2.24, 2.45) is 0 Å². The molecule has 0 saturated carbocycles. The molecule has 3 N–H and O–H groups in total. The van der Waals surface area contributed by atoms with Gasteiger partial charge in [-0.25, -0.2) is 8.78 Å². The molecule has 2 aromatic rings. The first-order valence-electron chi connectivity index (χ1n) is 6.91. The van der Waals surface area contributed by atoms with Gasteiger partial charge in [-0.15, -0.1) is 0 Å². The molecule has 134 valence electrons. The molecule has 0 unspecified atom stereocenters. The average Bonchev–Trinajstić information content (AvgIpc) is 2.50. The zero-order valence-corrected chi connectivity index (χ0v) is 12.4. The molecule has 2 aromatic carbocycles. The monoisotopic (exact) mass is 361 g/mol. The summed E-state index contributed by atoms with van der Waals surface area (Å²) >= 11 is 0. The van der Waals surface area contributed by atoms with Gasteiger partial charge in [-0.1, -0.05) is 18.2 Å². The normalized spacial score (nSPS) is 12.7. The maximum atomic E-state index is 13.6. The lowest BCUT2D eigenvalue weighted by molar-refractivity contribution is -0.139. The van der Waals surface area contributed by atoms with Crippen molar-refractivity contribution in [1.82, 2.24) is 5.32 Å². The van der Waals surface area contributed by atoms with Gasteiger partial charge in [-0.3, -0.25) is 4.79 Å². The molecule has 2 rings (SSSR count). The van der Waals surface area contributed by atoms with Crippen LogP contribution in [0.1, 0.15) is 27.6 Å². The summed E-state index contributed by atoms with van der Waals surface area (Å²) in [7, 11) is 0. The number of carbonyl (C=O) groups excluding carboxylic acids is 1. The van der Waals surface area contributed by atoms with E-state index in [1.54, 1.807) is 0 Å². The van der Waals surface area contributed by atoms with E-state index in [0.717, 1.165) is 18.2 Å². The number of hydrogen-bond acceptors (Lipinski definition) is 3. The number of hydrogen-bond donors (Lipinski definition) is 3. The first kappa shape index (κ1) is 18.7. The number of phenolic OH excluding ortho intramolecular Hbond substituents is 1. The van der Waals surface area contributed by atoms with Crippen LogP contribution in [-0.2, 0) is 6.18 Å². The van der Waals surface area contributed by atoms with Crippen LogP contribution in [0.3, 0.4) is 0 Å². The van der Waals surface area contributed by atoms with E-state index in [2.05, 4.69) is 0 Å². The third kappa shape index (κ3) is 4.24. The summed E-state index contributed by atoms with van der Waals surface area (Å²) in [4.78, 5) is 11.8. The Balaban J connectivity index is 2.16. The minimum atomic E-state index is -4.71. The van der Waals surface area contributed by atoms with E-state index < -0.39 is 58.8 Å². The molecule has 0 bridgehead atoms. The van der Waals surface area contributed by atoms with E-state index in [4.69, 9.17) is 0 Å². The molecule has 0 saturated heterocycles. The van der Waals surface area contributed by atoms with Gasteiger partial charge < -0.3 is 15.5 Å². The molecular weight excluding hydrogens is 349 g/mol. The van der Waals surface area contributed by atoms with Crippen LogP contribution in [0.15, 0.2) is 36.4 Å². The first-order chi connectivity index (χ1) is 11.6. The smallest absolute Gasteiger partial charge is 0.416 e. The second-order valence-corrected chi connectivity index (χ2v) is 5.09. The van der Waals surface area contributed by atoms with E-state index in [1.165, 1.54) is 6.07 Å². The maximum absolute atomic E-state index is 13.6. The molecular formula is C16H12F5NO3. The minimum absolute atomic E-state index is 0.365. The molecule has 0 spiro atoms. The second-order valence-electron chi connectivity index (χ2n) is 5.09. The first-order valence-corrected chi connectivity index (χ1v) is 6.91. The lowest BCUT2D eigenvalue weighted by atomic mass is 10.0. The van der Waals surface area contributed by atoms with Crippen molar-refractivity contribution in [2.45, 2.75) is 12.3 Å². The van der Waals surface area contributed by atoms with Crippen LogP contribution < -0.4 is 5.32 Å². The number of carbonyl (C=O) groups is 1. The lowest BCUT2D eigenvalue weighted by Crippen LogP contribution is -2.30. The summed E-state index contributed by atoms with van der Waals surface area (Å²) in [6.07, 6.45) is -6.43. The van der Waals surface area contributed by atoms with Gasteiger partial charge in [-0.2, -0.15) is 13.2 Å². The van der Waals surface area contributed by atoms with Crippen LogP contribution in [0.5, 0.6) is 5.75 Å². The van der Waals surface area contributed by atoms with E-state index >= 15 is 0 Å². The third-order valence-electron chi connectivity index (χ3n) is 3.34. The number of amides is 1. The van der Waals surface area contributed by atoms with Gasteiger partial charge >= 0.3 is 6.18 Å². The summed E-state index contributed by atoms with van der Waals surface area (Å²) in [5.41, 5.74) is -2.43. The minimum Gasteiger partial charge on any atom is -0.507 e. The Morgan fingerprint density at radius 3 is 2.40 bits per heavy atom. The maximum Gasteiger partial charge on any atom is 0.416 e. The number of nitrogens with one attached hydrogen (secondary N) is 1. The number of aliphatic hydroxyl groups is 1. The summed E-state index contributed by atoms with van der Waals surface area (Å²) in [5.74, 6) is -4.63. The molecule has 25 heavy (non-hydrogen) atoms.